The van der Waals surface area contributed by atoms with Gasteiger partial charge in [0.15, 0.2) is 0 Å². The third-order valence-electron chi connectivity index (χ3n) is 1.65. The van der Waals surface area contributed by atoms with Gasteiger partial charge in [0.05, 0.1) is 6.10 Å². The molecule has 0 unspecified atom stereocenters. The van der Waals surface area contributed by atoms with E-state index in [-0.39, 0.29) is 12.0 Å². The summed E-state index contributed by atoms with van der Waals surface area (Å²) in [5, 5.41) is 18.1. The fraction of sp³-hybridized carbons (Fsp3) is 0.444. The van der Waals surface area contributed by atoms with Gasteiger partial charge in [0, 0.05) is 11.2 Å². The highest BCUT2D eigenvalue weighted by Crippen LogP contribution is 2.07. The SMILES string of the molecule is Cc1ccc(B(O)O)c(OC(C)C)n1. The lowest BCUT2D eigenvalue weighted by molar-refractivity contribution is 0.233. The summed E-state index contributed by atoms with van der Waals surface area (Å²) in [5.41, 5.74) is 1.08. The standard InChI is InChI=1S/C9H14BNO3/c1-6(2)14-9-8(10(12)13)5-4-7(3)11-9/h4-6,12-13H,1-3H3. The van der Waals surface area contributed by atoms with Gasteiger partial charge in [0.25, 0.3) is 0 Å². The first-order valence-electron chi connectivity index (χ1n) is 4.51. The van der Waals surface area contributed by atoms with Gasteiger partial charge in [-0.2, -0.15) is 0 Å². The predicted molar refractivity (Wildman–Crippen MR) is 54.6 cm³/mol. The number of nitrogens with zero attached hydrogens (tertiary/aromatic N) is 1. The Morgan fingerprint density at radius 1 is 1.36 bits per heavy atom. The minimum atomic E-state index is -1.54. The van der Waals surface area contributed by atoms with E-state index in [2.05, 4.69) is 4.98 Å². The van der Waals surface area contributed by atoms with E-state index in [1.807, 2.05) is 20.8 Å². The summed E-state index contributed by atoms with van der Waals surface area (Å²) in [6.45, 7) is 5.54. The van der Waals surface area contributed by atoms with Gasteiger partial charge in [-0.1, -0.05) is 6.07 Å². The third-order valence-corrected chi connectivity index (χ3v) is 1.65. The Hall–Kier alpha value is -1.07. The van der Waals surface area contributed by atoms with Crippen LogP contribution in [-0.4, -0.2) is 28.3 Å². The topological polar surface area (TPSA) is 62.6 Å². The molecule has 0 aliphatic heterocycles. The van der Waals surface area contributed by atoms with E-state index in [1.54, 1.807) is 12.1 Å². The molecule has 0 saturated heterocycles. The number of hydrogen-bond donors (Lipinski definition) is 2. The summed E-state index contributed by atoms with van der Waals surface area (Å²) in [6, 6.07) is 3.31. The Morgan fingerprint density at radius 3 is 2.50 bits per heavy atom. The van der Waals surface area contributed by atoms with E-state index >= 15 is 0 Å². The quantitative estimate of drug-likeness (QED) is 0.658. The number of hydrogen-bond acceptors (Lipinski definition) is 4. The highest BCUT2D eigenvalue weighted by atomic mass is 16.5. The number of aryl methyl sites for hydroxylation is 1. The van der Waals surface area contributed by atoms with E-state index in [0.717, 1.165) is 5.69 Å². The van der Waals surface area contributed by atoms with Gasteiger partial charge in [-0.3, -0.25) is 0 Å². The molecule has 0 aliphatic rings. The van der Waals surface area contributed by atoms with Crippen LogP contribution >= 0.6 is 0 Å². The molecule has 0 bridgehead atoms. The van der Waals surface area contributed by atoms with Crippen molar-refractivity contribution < 1.29 is 14.8 Å². The van der Waals surface area contributed by atoms with Gasteiger partial charge in [-0.05, 0) is 26.8 Å². The molecule has 1 aromatic heterocycles. The lowest BCUT2D eigenvalue weighted by Gasteiger charge is -2.13. The summed E-state index contributed by atoms with van der Waals surface area (Å²) in [5.74, 6) is 0.287. The van der Waals surface area contributed by atoms with Crippen LogP contribution in [0.15, 0.2) is 12.1 Å². The summed E-state index contributed by atoms with van der Waals surface area (Å²) >= 11 is 0. The molecule has 1 aromatic rings. The van der Waals surface area contributed by atoms with Crippen LogP contribution < -0.4 is 10.2 Å². The van der Waals surface area contributed by atoms with Crippen LogP contribution in [0.3, 0.4) is 0 Å². The van der Waals surface area contributed by atoms with Crippen LogP contribution in [0.2, 0.25) is 0 Å². The van der Waals surface area contributed by atoms with E-state index in [9.17, 15) is 0 Å². The Balaban J connectivity index is 3.03. The zero-order chi connectivity index (χ0) is 10.7. The molecule has 76 valence electrons. The van der Waals surface area contributed by atoms with Crippen molar-refractivity contribution in [1.29, 1.82) is 0 Å². The highest BCUT2D eigenvalue weighted by Gasteiger charge is 2.19. The molecule has 0 fully saturated rings. The fourth-order valence-corrected chi connectivity index (χ4v) is 1.06. The first kappa shape index (κ1) is 11.0. The molecule has 5 heteroatoms. The van der Waals surface area contributed by atoms with Gasteiger partial charge in [-0.25, -0.2) is 4.98 Å². The number of pyridine rings is 1. The van der Waals surface area contributed by atoms with E-state index in [4.69, 9.17) is 14.8 Å². The molecule has 1 rings (SSSR count). The first-order chi connectivity index (χ1) is 6.50. The smallest absolute Gasteiger partial charge is 0.475 e. The monoisotopic (exact) mass is 195 g/mol. The maximum atomic E-state index is 9.04. The molecule has 0 amide bonds. The zero-order valence-corrected chi connectivity index (χ0v) is 8.56. The first-order valence-corrected chi connectivity index (χ1v) is 4.51. The normalized spacial score (nSPS) is 10.4. The molecule has 0 aromatic carbocycles. The maximum Gasteiger partial charge on any atom is 0.494 e. The average Bonchev–Trinajstić information content (AvgIpc) is 2.01. The van der Waals surface area contributed by atoms with Crippen LogP contribution in [0, 0.1) is 6.92 Å². The molecule has 0 saturated carbocycles. The second-order valence-corrected chi connectivity index (χ2v) is 3.39. The third kappa shape index (κ3) is 2.72. The number of ether oxygens (including phenoxy) is 1. The molecule has 4 nitrogen and oxygen atoms in total. The largest absolute Gasteiger partial charge is 0.494 e. The highest BCUT2D eigenvalue weighted by molar-refractivity contribution is 6.59. The molecular formula is C9H14BNO3. The lowest BCUT2D eigenvalue weighted by Crippen LogP contribution is -2.33. The average molecular weight is 195 g/mol. The van der Waals surface area contributed by atoms with Crippen LogP contribution in [0.5, 0.6) is 5.88 Å². The van der Waals surface area contributed by atoms with Gasteiger partial charge < -0.3 is 14.8 Å². The van der Waals surface area contributed by atoms with Crippen molar-refractivity contribution in [2.24, 2.45) is 0 Å². The number of aromatic nitrogens is 1. The van der Waals surface area contributed by atoms with Crippen molar-refractivity contribution >= 4 is 12.6 Å². The van der Waals surface area contributed by atoms with E-state index in [1.165, 1.54) is 0 Å². The summed E-state index contributed by atoms with van der Waals surface area (Å²) < 4.78 is 5.36. The van der Waals surface area contributed by atoms with Crippen molar-refractivity contribution in [3.63, 3.8) is 0 Å². The second-order valence-electron chi connectivity index (χ2n) is 3.39. The minimum Gasteiger partial charge on any atom is -0.475 e. The van der Waals surface area contributed by atoms with Gasteiger partial charge in [-0.15, -0.1) is 0 Å². The summed E-state index contributed by atoms with van der Waals surface area (Å²) in [7, 11) is -1.54. The van der Waals surface area contributed by atoms with Crippen molar-refractivity contribution in [3.8, 4) is 5.88 Å². The van der Waals surface area contributed by atoms with Crippen molar-refractivity contribution in [2.45, 2.75) is 26.9 Å². The van der Waals surface area contributed by atoms with Gasteiger partial charge in [0.1, 0.15) is 0 Å². The molecule has 14 heavy (non-hydrogen) atoms. The second kappa shape index (κ2) is 4.44. The minimum absolute atomic E-state index is 0.0400. The molecule has 0 radical (unpaired) electrons. The van der Waals surface area contributed by atoms with Crippen LogP contribution in [0.4, 0.5) is 0 Å². The summed E-state index contributed by atoms with van der Waals surface area (Å²) in [6.07, 6.45) is -0.0400. The molecule has 0 atom stereocenters. The Bertz CT molecular complexity index is 315. The molecule has 2 N–H and O–H groups in total. The molecule has 1 heterocycles. The Kier molecular flexibility index (Phi) is 3.49. The van der Waals surface area contributed by atoms with Crippen LogP contribution in [0.25, 0.3) is 0 Å². The molecule has 0 aliphatic carbocycles. The predicted octanol–water partition coefficient (Wildman–Crippen LogP) is -0.143. The van der Waals surface area contributed by atoms with Gasteiger partial charge in [0.2, 0.25) is 5.88 Å². The number of rotatable bonds is 3. The van der Waals surface area contributed by atoms with Crippen LogP contribution in [0.1, 0.15) is 19.5 Å². The lowest BCUT2D eigenvalue weighted by atomic mass is 9.81. The van der Waals surface area contributed by atoms with Crippen LogP contribution in [-0.2, 0) is 0 Å². The van der Waals surface area contributed by atoms with Gasteiger partial charge >= 0.3 is 7.12 Å². The zero-order valence-electron chi connectivity index (χ0n) is 8.56. The summed E-state index contributed by atoms with van der Waals surface area (Å²) in [4.78, 5) is 4.09. The maximum absolute atomic E-state index is 9.04. The Morgan fingerprint density at radius 2 is 2.00 bits per heavy atom. The molecule has 0 spiro atoms. The fourth-order valence-electron chi connectivity index (χ4n) is 1.06. The van der Waals surface area contributed by atoms with E-state index < -0.39 is 7.12 Å². The van der Waals surface area contributed by atoms with Crippen molar-refractivity contribution in [2.75, 3.05) is 0 Å². The Labute approximate surface area is 83.7 Å². The van der Waals surface area contributed by atoms with Crippen molar-refractivity contribution in [1.82, 2.24) is 4.98 Å². The van der Waals surface area contributed by atoms with Crippen molar-refractivity contribution in [3.05, 3.63) is 17.8 Å². The van der Waals surface area contributed by atoms with E-state index in [0.29, 0.717) is 5.46 Å². The molecular weight excluding hydrogens is 181 g/mol.